The molecule has 7 rings (SSSR count). The van der Waals surface area contributed by atoms with Crippen LogP contribution in [-0.4, -0.2) is 61.5 Å². The molecule has 2 aliphatic heterocycles. The van der Waals surface area contributed by atoms with Gasteiger partial charge in [-0.2, -0.15) is 0 Å². The zero-order chi connectivity index (χ0) is 35.5. The molecule has 1 saturated heterocycles. The molecule has 3 aromatic heterocycles. The minimum Gasteiger partial charge on any atom is -0.464 e. The number of fused-ring (bicyclic) bond motifs is 5. The predicted molar refractivity (Wildman–Crippen MR) is 193 cm³/mol. The van der Waals surface area contributed by atoms with Crippen LogP contribution in [0, 0.1) is 17.2 Å². The summed E-state index contributed by atoms with van der Waals surface area (Å²) in [4.78, 5) is 27.7. The number of amides is 1. The Morgan fingerprint density at radius 1 is 1.22 bits per heavy atom. The fourth-order valence-corrected chi connectivity index (χ4v) is 8.52. The van der Waals surface area contributed by atoms with Crippen molar-refractivity contribution in [2.75, 3.05) is 13.7 Å². The number of nitrogens with one attached hydrogen (secondary N) is 2. The number of aliphatic hydroxyl groups excluding tert-OH is 1. The fourth-order valence-electron chi connectivity index (χ4n) is 7.10. The van der Waals surface area contributed by atoms with Crippen molar-refractivity contribution < 1.29 is 23.8 Å². The number of nitrogens with zero attached hydrogens (tertiary/aromatic N) is 4. The summed E-state index contributed by atoms with van der Waals surface area (Å²) < 4.78 is 29.9. The van der Waals surface area contributed by atoms with Crippen LogP contribution in [0.2, 0.25) is 5.02 Å². The Bertz CT molecular complexity index is 2050. The number of ether oxygens (including phenoxy) is 2. The summed E-state index contributed by atoms with van der Waals surface area (Å²) >= 11 is 7.98. The molecule has 1 fully saturated rings. The smallest absolute Gasteiger partial charge is 0.407 e. The number of methoxy groups -OCH3 is 1. The van der Waals surface area contributed by atoms with Crippen LogP contribution in [0.3, 0.4) is 0 Å². The molecule has 0 spiro atoms. The highest BCUT2D eigenvalue weighted by atomic mass is 35.5. The quantitative estimate of drug-likeness (QED) is 0.148. The topological polar surface area (TPSA) is 118 Å². The van der Waals surface area contributed by atoms with E-state index in [0.29, 0.717) is 45.7 Å². The Hall–Kier alpha value is -3.97. The number of carbonyl (C=O) groups is 1. The van der Waals surface area contributed by atoms with Gasteiger partial charge in [-0.1, -0.05) is 46.2 Å². The van der Waals surface area contributed by atoms with Crippen molar-refractivity contribution in [3.63, 3.8) is 0 Å². The van der Waals surface area contributed by atoms with Gasteiger partial charge in [0, 0.05) is 35.1 Å². The van der Waals surface area contributed by atoms with E-state index >= 15 is 4.39 Å². The molecule has 4 atom stereocenters. The highest BCUT2D eigenvalue weighted by molar-refractivity contribution is 7.11. The molecule has 0 radical (unpaired) electrons. The van der Waals surface area contributed by atoms with Crippen molar-refractivity contribution in [1.82, 2.24) is 29.7 Å². The molecule has 2 unspecified atom stereocenters. The summed E-state index contributed by atoms with van der Waals surface area (Å²) in [6, 6.07) is 10.2. The lowest BCUT2D eigenvalue weighted by Gasteiger charge is -2.35. The summed E-state index contributed by atoms with van der Waals surface area (Å²) in [6.07, 6.45) is 3.87. The molecule has 0 saturated carbocycles. The summed E-state index contributed by atoms with van der Waals surface area (Å²) in [5.41, 5.74) is 3.24. The molecule has 10 nitrogen and oxygen atoms in total. The van der Waals surface area contributed by atoms with Gasteiger partial charge in [0.2, 0.25) is 6.23 Å². The van der Waals surface area contributed by atoms with Gasteiger partial charge in [-0.05, 0) is 60.6 Å². The van der Waals surface area contributed by atoms with E-state index in [9.17, 15) is 9.90 Å². The Morgan fingerprint density at radius 3 is 2.76 bits per heavy atom. The van der Waals surface area contributed by atoms with Gasteiger partial charge in [-0.25, -0.2) is 19.2 Å². The lowest BCUT2D eigenvalue weighted by molar-refractivity contribution is -0.0440. The number of halogens is 2. The van der Waals surface area contributed by atoms with Gasteiger partial charge in [0.15, 0.2) is 0 Å². The Labute approximate surface area is 299 Å². The zero-order valence-electron chi connectivity index (χ0n) is 29.0. The number of aliphatic hydroxyl groups is 1. The number of H-pyrrole nitrogens is 1. The number of alkyl carbamates (subject to hydrolysis) is 1. The van der Waals surface area contributed by atoms with E-state index in [2.05, 4.69) is 31.1 Å². The van der Waals surface area contributed by atoms with E-state index in [1.54, 1.807) is 17.5 Å². The molecule has 3 N–H and O–H groups in total. The van der Waals surface area contributed by atoms with Gasteiger partial charge >= 0.3 is 6.09 Å². The van der Waals surface area contributed by atoms with Gasteiger partial charge in [-0.15, -0.1) is 11.3 Å². The van der Waals surface area contributed by atoms with E-state index in [0.717, 1.165) is 40.1 Å². The maximum atomic E-state index is 16.3. The monoisotopic (exact) mass is 720 g/mol. The highest BCUT2D eigenvalue weighted by Gasteiger charge is 2.39. The van der Waals surface area contributed by atoms with Crippen LogP contribution in [0.5, 0.6) is 5.75 Å². The molecule has 0 bridgehead atoms. The molecule has 264 valence electrons. The number of carbonyl (C=O) groups excluding carboxylic acids is 1. The first-order valence-corrected chi connectivity index (χ1v) is 18.1. The third kappa shape index (κ3) is 6.50. The standard InChI is InChI=1S/C37H42ClFN6O4S/c1-19(2)32(43-36(47)48-6)34(46)44-11-7-8-26(44)33-41-17-24(42-33)20-13-23(39)31-27-14-21-12-22(38)9-10-25(21)45(27)35(49-28(31)15-20)29-18-40-30(50-29)16-37(3,4)5/h9-10,12-15,17-19,26,32,34-35,46H,7-8,11,16H2,1-6H3,(H,41,42)(H,43,47)/t26-,32-,34?,35?/m0/s1. The molecule has 2 aliphatic rings. The first kappa shape index (κ1) is 34.5. The number of aromatic amines is 1. The van der Waals surface area contributed by atoms with E-state index in [-0.39, 0.29) is 17.4 Å². The number of rotatable bonds is 8. The van der Waals surface area contributed by atoms with Gasteiger partial charge in [0.1, 0.15) is 23.6 Å². The molecule has 1 amide bonds. The zero-order valence-corrected chi connectivity index (χ0v) is 30.5. The SMILES string of the molecule is COC(=O)N[C@@H](C(C)C)C(O)N1CCC[C@H]1c1ncc(-c2cc(F)c3c(c2)OC(c2cnc(CC(C)(C)C)s2)n2c-3cc3cc(Cl)ccc32)[nH]1. The molecule has 0 aliphatic carbocycles. The van der Waals surface area contributed by atoms with Crippen molar-refractivity contribution in [2.24, 2.45) is 11.3 Å². The van der Waals surface area contributed by atoms with E-state index in [4.69, 9.17) is 31.0 Å². The second-order valence-corrected chi connectivity index (χ2v) is 16.3. The second kappa shape index (κ2) is 13.3. The van der Waals surface area contributed by atoms with Crippen molar-refractivity contribution >= 4 is 39.9 Å². The van der Waals surface area contributed by atoms with Crippen molar-refractivity contribution in [3.05, 3.63) is 75.3 Å². The van der Waals surface area contributed by atoms with Crippen LogP contribution in [-0.2, 0) is 11.2 Å². The molecule has 5 aromatic rings. The lowest BCUT2D eigenvalue weighted by Crippen LogP contribution is -2.54. The number of aromatic nitrogens is 4. The summed E-state index contributed by atoms with van der Waals surface area (Å²) in [5, 5.41) is 16.7. The summed E-state index contributed by atoms with van der Waals surface area (Å²) in [6.45, 7) is 11.1. The first-order valence-electron chi connectivity index (χ1n) is 16.9. The van der Waals surface area contributed by atoms with Crippen molar-refractivity contribution in [2.45, 2.75) is 78.4 Å². The highest BCUT2D eigenvalue weighted by Crippen LogP contribution is 2.48. The molecule has 2 aromatic carbocycles. The number of imidazole rings is 1. The Balaban J connectivity index is 1.24. The van der Waals surface area contributed by atoms with E-state index in [1.165, 1.54) is 13.2 Å². The molecule has 13 heteroatoms. The maximum absolute atomic E-state index is 16.3. The fraction of sp³-hybridized carbons (Fsp3) is 0.432. The molecular weight excluding hydrogens is 679 g/mol. The van der Waals surface area contributed by atoms with E-state index < -0.39 is 30.4 Å². The number of likely N-dealkylation sites (tertiary alicyclic amines) is 1. The average Bonchev–Trinajstić information content (AvgIpc) is 3.87. The van der Waals surface area contributed by atoms with Gasteiger partial charge in [-0.3, -0.25) is 9.47 Å². The van der Waals surface area contributed by atoms with E-state index in [1.807, 2.05) is 59.8 Å². The van der Waals surface area contributed by atoms with Crippen LogP contribution in [0.25, 0.3) is 33.4 Å². The van der Waals surface area contributed by atoms with Gasteiger partial charge < -0.3 is 24.9 Å². The molecule has 50 heavy (non-hydrogen) atoms. The summed E-state index contributed by atoms with van der Waals surface area (Å²) in [7, 11) is 1.30. The molecule has 5 heterocycles. The van der Waals surface area contributed by atoms with Crippen molar-refractivity contribution in [3.8, 4) is 28.3 Å². The molecular formula is C37H42ClFN6O4S. The minimum atomic E-state index is -0.959. The predicted octanol–water partition coefficient (Wildman–Crippen LogP) is 8.31. The first-order chi connectivity index (χ1) is 23.8. The van der Waals surface area contributed by atoms with Crippen LogP contribution >= 0.6 is 22.9 Å². The number of hydrogen-bond donors (Lipinski definition) is 3. The van der Waals surface area contributed by atoms with Gasteiger partial charge in [0.25, 0.3) is 0 Å². The van der Waals surface area contributed by atoms with Crippen LogP contribution < -0.4 is 10.1 Å². The average molecular weight is 721 g/mol. The Kier molecular flexibility index (Phi) is 9.17. The second-order valence-electron chi connectivity index (χ2n) is 14.7. The van der Waals surface area contributed by atoms with Gasteiger partial charge in [0.05, 0.1) is 57.7 Å². The van der Waals surface area contributed by atoms with Crippen LogP contribution in [0.15, 0.2) is 48.8 Å². The lowest BCUT2D eigenvalue weighted by atomic mass is 9.93. The minimum absolute atomic E-state index is 0.0504. The van der Waals surface area contributed by atoms with Crippen LogP contribution in [0.4, 0.5) is 9.18 Å². The normalized spacial score (nSPS) is 18.9. The third-order valence-corrected chi connectivity index (χ3v) is 10.7. The third-order valence-electron chi connectivity index (χ3n) is 9.45. The number of hydrogen-bond acceptors (Lipinski definition) is 8. The van der Waals surface area contributed by atoms with Crippen LogP contribution in [0.1, 0.15) is 75.4 Å². The Morgan fingerprint density at radius 2 is 2.02 bits per heavy atom. The number of thiazole rings is 1. The summed E-state index contributed by atoms with van der Waals surface area (Å²) in [5.74, 6) is 0.596. The largest absolute Gasteiger partial charge is 0.464 e. The number of benzene rings is 2. The van der Waals surface area contributed by atoms with Crippen molar-refractivity contribution in [1.29, 1.82) is 0 Å². The maximum Gasteiger partial charge on any atom is 0.407 e.